The van der Waals surface area contributed by atoms with Crippen LogP contribution in [0.5, 0.6) is 0 Å². The Morgan fingerprint density at radius 3 is 1.97 bits per heavy atom. The van der Waals surface area contributed by atoms with E-state index < -0.39 is 5.41 Å². The third kappa shape index (κ3) is 10.1. The van der Waals surface area contributed by atoms with E-state index in [9.17, 15) is 0 Å². The van der Waals surface area contributed by atoms with Crippen molar-refractivity contribution in [3.05, 3.63) is 283 Å². The van der Waals surface area contributed by atoms with Crippen molar-refractivity contribution in [2.75, 3.05) is 7.05 Å². The van der Waals surface area contributed by atoms with Crippen molar-refractivity contribution in [2.45, 2.75) is 18.3 Å². The predicted octanol–water partition coefficient (Wildman–Crippen LogP) is 13.2. The fourth-order valence-electron chi connectivity index (χ4n) is 8.15. The van der Waals surface area contributed by atoms with Crippen LogP contribution in [-0.2, 0) is 11.8 Å². The largest absolute Gasteiger partial charge is 0.404 e. The highest BCUT2D eigenvalue weighted by Crippen LogP contribution is 2.58. The minimum Gasteiger partial charge on any atom is -0.404 e. The van der Waals surface area contributed by atoms with Gasteiger partial charge in [0.1, 0.15) is 0 Å². The molecule has 61 heavy (non-hydrogen) atoms. The van der Waals surface area contributed by atoms with E-state index in [1.165, 1.54) is 56.8 Å². The summed E-state index contributed by atoms with van der Waals surface area (Å²) < 4.78 is 0. The fraction of sp³-hybridized carbons (Fsp3) is 0.0690. The lowest BCUT2D eigenvalue weighted by Crippen LogP contribution is -2.27. The summed E-state index contributed by atoms with van der Waals surface area (Å²) in [5, 5.41) is 2.39. The van der Waals surface area contributed by atoms with E-state index in [4.69, 9.17) is 11.5 Å². The second-order valence-electron chi connectivity index (χ2n) is 14.6. The molecule has 1 aliphatic carbocycles. The molecule has 3 nitrogen and oxygen atoms in total. The number of hydrogen-bond acceptors (Lipinski definition) is 3. The Bertz CT molecular complexity index is 2700. The van der Waals surface area contributed by atoms with E-state index >= 15 is 0 Å². The van der Waals surface area contributed by atoms with Gasteiger partial charge in [-0.15, -0.1) is 0 Å². The lowest BCUT2D eigenvalue weighted by Gasteiger charge is -2.34. The highest BCUT2D eigenvalue weighted by atomic mass is 14.5. The number of nitrogens with two attached hydrogens (primary N) is 3. The minimum absolute atomic E-state index is 0.517. The first-order valence-electron chi connectivity index (χ1n) is 20.7. The van der Waals surface area contributed by atoms with Gasteiger partial charge in [0, 0.05) is 11.9 Å². The number of allylic oxidation sites excluding steroid dienone is 15. The van der Waals surface area contributed by atoms with Crippen LogP contribution in [-0.4, -0.2) is 7.05 Å². The summed E-state index contributed by atoms with van der Waals surface area (Å²) in [6.07, 6.45) is 32.2. The molecule has 6 aromatic carbocycles. The molecule has 6 aromatic rings. The second kappa shape index (κ2) is 21.5. The quantitative estimate of drug-likeness (QED) is 0.0906. The summed E-state index contributed by atoms with van der Waals surface area (Å²) in [5.74, 6) is 0. The van der Waals surface area contributed by atoms with E-state index in [0.717, 1.165) is 28.7 Å². The maximum absolute atomic E-state index is 6.57. The normalized spacial score (nSPS) is 15.3. The molecule has 0 radical (unpaired) electrons. The Morgan fingerprint density at radius 2 is 1.25 bits per heavy atom. The molecule has 0 fully saturated rings. The SMILES string of the molecule is C=C/C=C\C=C/c1ccccc1C1(C/C=C\C=C/C(=C)N)c2cc3ccccc3cc2-c2c(C(/C=C\C=C\C(=C/Cc3ccccc3)c3ccccc3)=C/N)cccc21.CN. The van der Waals surface area contributed by atoms with Gasteiger partial charge >= 0.3 is 0 Å². The van der Waals surface area contributed by atoms with Crippen molar-refractivity contribution in [2.24, 2.45) is 17.2 Å². The molecule has 7 rings (SSSR count). The topological polar surface area (TPSA) is 78.1 Å². The Labute approximate surface area is 362 Å². The molecule has 0 saturated carbocycles. The summed E-state index contributed by atoms with van der Waals surface area (Å²) in [6, 6.07) is 49.9. The Kier molecular flexibility index (Phi) is 15.2. The van der Waals surface area contributed by atoms with E-state index in [1.54, 1.807) is 12.3 Å². The lowest BCUT2D eigenvalue weighted by atomic mass is 9.68. The number of rotatable bonds is 15. The van der Waals surface area contributed by atoms with Crippen LogP contribution in [0, 0.1) is 0 Å². The number of fused-ring (bicyclic) bond motifs is 4. The van der Waals surface area contributed by atoms with Crippen LogP contribution >= 0.6 is 0 Å². The molecule has 0 spiro atoms. The van der Waals surface area contributed by atoms with Gasteiger partial charge in [-0.1, -0.05) is 220 Å². The summed E-state index contributed by atoms with van der Waals surface area (Å²) >= 11 is 0. The number of hydrogen-bond donors (Lipinski definition) is 3. The first-order valence-corrected chi connectivity index (χ1v) is 20.7. The zero-order chi connectivity index (χ0) is 42.9. The predicted molar refractivity (Wildman–Crippen MR) is 265 cm³/mol. The van der Waals surface area contributed by atoms with Crippen molar-refractivity contribution in [3.63, 3.8) is 0 Å². The van der Waals surface area contributed by atoms with Gasteiger partial charge < -0.3 is 17.2 Å². The van der Waals surface area contributed by atoms with Crippen molar-refractivity contribution >= 4 is 28.0 Å². The van der Waals surface area contributed by atoms with Gasteiger partial charge in [-0.05, 0) is 110 Å². The molecule has 0 bridgehead atoms. The van der Waals surface area contributed by atoms with Crippen molar-refractivity contribution in [3.8, 4) is 11.1 Å². The van der Waals surface area contributed by atoms with Crippen molar-refractivity contribution < 1.29 is 0 Å². The molecule has 0 aromatic heterocycles. The van der Waals surface area contributed by atoms with Crippen LogP contribution in [0.2, 0.25) is 0 Å². The standard InChI is InChI=1S/C57H50N2.CH5N/c1-3-4-5-12-29-47-30-19-20-35-53(47)57(39-21-8-9-23-43(2)59)54-36-22-34-51(56(54)52-40-48-31-16-17-32-49(48)41-55(52)57)50(42-58)33-18-15-28-46(45-26-13-7-14-27-45)38-37-44-24-10-6-11-25-44;1-2/h3-36,38,40-42H,1-2,37,39,58-59H2;2H2,1H3/b5-4-,21-8-,23-9-,28-15+,29-12-,33-18-,46-38+,50-42+;. The highest BCUT2D eigenvalue weighted by molar-refractivity contribution is 5.99. The molecule has 0 heterocycles. The van der Waals surface area contributed by atoms with E-state index in [0.29, 0.717) is 12.1 Å². The number of benzene rings is 6. The van der Waals surface area contributed by atoms with Crippen molar-refractivity contribution in [1.82, 2.24) is 0 Å². The average Bonchev–Trinajstić information content (AvgIpc) is 3.58. The van der Waals surface area contributed by atoms with Crippen LogP contribution < -0.4 is 17.2 Å². The average molecular weight is 794 g/mol. The van der Waals surface area contributed by atoms with Gasteiger partial charge in [0.2, 0.25) is 0 Å². The zero-order valence-corrected chi connectivity index (χ0v) is 35.0. The van der Waals surface area contributed by atoms with Gasteiger partial charge in [-0.2, -0.15) is 0 Å². The van der Waals surface area contributed by atoms with Crippen LogP contribution in [0.3, 0.4) is 0 Å². The lowest BCUT2D eigenvalue weighted by molar-refractivity contribution is 0.644. The van der Waals surface area contributed by atoms with Gasteiger partial charge in [0.05, 0.1) is 5.41 Å². The molecule has 0 saturated heterocycles. The molecular weight excluding hydrogens is 739 g/mol. The highest BCUT2D eigenvalue weighted by Gasteiger charge is 2.46. The molecule has 0 amide bonds. The molecule has 302 valence electrons. The van der Waals surface area contributed by atoms with Crippen LogP contribution in [0.1, 0.15) is 45.4 Å². The summed E-state index contributed by atoms with van der Waals surface area (Å²) in [4.78, 5) is 0. The Balaban J connectivity index is 0.00000307. The summed E-state index contributed by atoms with van der Waals surface area (Å²) in [7, 11) is 1.50. The van der Waals surface area contributed by atoms with Gasteiger partial charge in [0.15, 0.2) is 0 Å². The Morgan fingerprint density at radius 1 is 0.607 bits per heavy atom. The molecule has 6 N–H and O–H groups in total. The van der Waals surface area contributed by atoms with E-state index in [-0.39, 0.29) is 0 Å². The van der Waals surface area contributed by atoms with E-state index in [2.05, 4.69) is 213 Å². The molecular formula is C58H55N3. The zero-order valence-electron chi connectivity index (χ0n) is 35.0. The molecule has 0 aliphatic heterocycles. The van der Waals surface area contributed by atoms with Crippen molar-refractivity contribution in [1.29, 1.82) is 0 Å². The van der Waals surface area contributed by atoms with E-state index in [1.807, 2.05) is 24.3 Å². The van der Waals surface area contributed by atoms with Gasteiger partial charge in [0.25, 0.3) is 0 Å². The molecule has 3 heteroatoms. The fourth-order valence-corrected chi connectivity index (χ4v) is 8.15. The minimum atomic E-state index is -0.532. The summed E-state index contributed by atoms with van der Waals surface area (Å²) in [5.41, 5.74) is 29.8. The third-order valence-electron chi connectivity index (χ3n) is 10.8. The molecule has 1 aliphatic rings. The monoisotopic (exact) mass is 793 g/mol. The molecule has 1 unspecified atom stereocenters. The maximum atomic E-state index is 6.57. The molecule has 1 atom stereocenters. The Hall–Kier alpha value is -7.46. The van der Waals surface area contributed by atoms with Crippen LogP contribution in [0.25, 0.3) is 39.1 Å². The first kappa shape index (κ1) is 43.1. The van der Waals surface area contributed by atoms with Crippen LogP contribution in [0.4, 0.5) is 0 Å². The van der Waals surface area contributed by atoms with Gasteiger partial charge in [-0.25, -0.2) is 0 Å². The smallest absolute Gasteiger partial charge is 0.0504 e. The summed E-state index contributed by atoms with van der Waals surface area (Å²) in [6.45, 7) is 7.70. The second-order valence-corrected chi connectivity index (χ2v) is 14.6. The van der Waals surface area contributed by atoms with Crippen LogP contribution in [0.15, 0.2) is 244 Å². The van der Waals surface area contributed by atoms with Gasteiger partial charge in [-0.3, -0.25) is 0 Å². The maximum Gasteiger partial charge on any atom is 0.0504 e. The third-order valence-corrected chi connectivity index (χ3v) is 10.8. The first-order chi connectivity index (χ1) is 30.0.